The second-order valence-electron chi connectivity index (χ2n) is 6.39. The van der Waals surface area contributed by atoms with Gasteiger partial charge in [-0.2, -0.15) is 0 Å². The lowest BCUT2D eigenvalue weighted by Gasteiger charge is -2.26. The van der Waals surface area contributed by atoms with Gasteiger partial charge in [0.05, 0.1) is 11.6 Å². The lowest BCUT2D eigenvalue weighted by Crippen LogP contribution is -2.30. The van der Waals surface area contributed by atoms with Crippen LogP contribution in [0.5, 0.6) is 5.75 Å². The monoisotopic (exact) mass is 317 g/mol. The third-order valence-corrected chi connectivity index (χ3v) is 4.98. The molecule has 1 amide bonds. The first-order chi connectivity index (χ1) is 11.6. The summed E-state index contributed by atoms with van der Waals surface area (Å²) < 4.78 is 0. The van der Waals surface area contributed by atoms with Gasteiger partial charge in [-0.05, 0) is 46.9 Å². The van der Waals surface area contributed by atoms with Gasteiger partial charge in [0.15, 0.2) is 0 Å². The number of carbonyl (C=O) groups excluding carboxylic acids is 1. The number of fused-ring (bicyclic) bond motifs is 2. The summed E-state index contributed by atoms with van der Waals surface area (Å²) in [6, 6.07) is 19.5. The standard InChI is InChI=1S/C21H19NO2/c1-22(19-11-10-14-6-4-5-9-17(14)19)21(24)18-12-15-7-2-3-8-16(15)13-20(18)23/h2-9,12-13,19,23H,10-11H2,1H3. The molecule has 0 aliphatic heterocycles. The van der Waals surface area contributed by atoms with Gasteiger partial charge in [0.25, 0.3) is 5.91 Å². The van der Waals surface area contributed by atoms with Crippen LogP contribution in [0.25, 0.3) is 10.8 Å². The number of benzene rings is 3. The van der Waals surface area contributed by atoms with Gasteiger partial charge < -0.3 is 10.0 Å². The van der Waals surface area contributed by atoms with Crippen LogP contribution in [0.15, 0.2) is 60.7 Å². The summed E-state index contributed by atoms with van der Waals surface area (Å²) >= 11 is 0. The first-order valence-corrected chi connectivity index (χ1v) is 8.22. The molecule has 0 fully saturated rings. The van der Waals surface area contributed by atoms with Gasteiger partial charge in [0.2, 0.25) is 0 Å². The number of carbonyl (C=O) groups is 1. The number of rotatable bonds is 2. The molecule has 1 aliphatic carbocycles. The Kier molecular flexibility index (Phi) is 3.49. The van der Waals surface area contributed by atoms with Crippen molar-refractivity contribution in [2.75, 3.05) is 7.05 Å². The Bertz CT molecular complexity index is 932. The summed E-state index contributed by atoms with van der Waals surface area (Å²) in [5.41, 5.74) is 2.89. The van der Waals surface area contributed by atoms with Crippen LogP contribution in [-0.4, -0.2) is 23.0 Å². The second kappa shape index (κ2) is 5.68. The van der Waals surface area contributed by atoms with Crippen molar-refractivity contribution in [3.05, 3.63) is 77.4 Å². The molecule has 3 aromatic rings. The zero-order chi connectivity index (χ0) is 16.7. The van der Waals surface area contributed by atoms with Gasteiger partial charge in [-0.3, -0.25) is 4.79 Å². The van der Waals surface area contributed by atoms with Crippen molar-refractivity contribution in [3.8, 4) is 5.75 Å². The molecule has 0 heterocycles. The number of aryl methyl sites for hydroxylation is 1. The van der Waals surface area contributed by atoms with E-state index < -0.39 is 0 Å². The molecule has 1 atom stereocenters. The van der Waals surface area contributed by atoms with Crippen LogP contribution in [0.3, 0.4) is 0 Å². The molecule has 1 unspecified atom stereocenters. The minimum absolute atomic E-state index is 0.0387. The van der Waals surface area contributed by atoms with E-state index in [0.717, 1.165) is 23.6 Å². The molecular formula is C21H19NO2. The first-order valence-electron chi connectivity index (χ1n) is 8.22. The fourth-order valence-electron chi connectivity index (χ4n) is 3.67. The molecule has 3 nitrogen and oxygen atoms in total. The molecule has 0 saturated heterocycles. The van der Waals surface area contributed by atoms with Crippen LogP contribution in [0, 0.1) is 0 Å². The minimum Gasteiger partial charge on any atom is -0.507 e. The van der Waals surface area contributed by atoms with Crippen LogP contribution < -0.4 is 0 Å². The van der Waals surface area contributed by atoms with Crippen LogP contribution in [0.2, 0.25) is 0 Å². The van der Waals surface area contributed by atoms with E-state index >= 15 is 0 Å². The summed E-state index contributed by atoms with van der Waals surface area (Å²) in [6.45, 7) is 0. The van der Waals surface area contributed by atoms with Crippen molar-refractivity contribution in [2.45, 2.75) is 18.9 Å². The zero-order valence-electron chi connectivity index (χ0n) is 13.6. The average Bonchev–Trinajstić information content (AvgIpc) is 3.04. The molecule has 0 radical (unpaired) electrons. The number of amides is 1. The summed E-state index contributed by atoms with van der Waals surface area (Å²) in [5.74, 6) is -0.100. The Hall–Kier alpha value is -2.81. The van der Waals surface area contributed by atoms with Crippen LogP contribution in [0.1, 0.15) is 33.9 Å². The predicted molar refractivity (Wildman–Crippen MR) is 95.2 cm³/mol. The Labute approximate surface area is 141 Å². The normalized spacial score (nSPS) is 16.1. The molecule has 0 spiro atoms. The Balaban J connectivity index is 1.70. The average molecular weight is 317 g/mol. The summed E-state index contributed by atoms with van der Waals surface area (Å²) in [6.07, 6.45) is 1.91. The van der Waals surface area contributed by atoms with E-state index in [4.69, 9.17) is 0 Å². The number of phenols is 1. The number of hydrogen-bond acceptors (Lipinski definition) is 2. The van der Waals surface area contributed by atoms with Crippen molar-refractivity contribution >= 4 is 16.7 Å². The molecule has 1 N–H and O–H groups in total. The predicted octanol–water partition coefficient (Wildman–Crippen LogP) is 4.30. The highest BCUT2D eigenvalue weighted by molar-refractivity contribution is 6.01. The number of hydrogen-bond donors (Lipinski definition) is 1. The summed E-state index contributed by atoms with van der Waals surface area (Å²) in [7, 11) is 1.82. The van der Waals surface area contributed by atoms with Crippen molar-refractivity contribution < 1.29 is 9.90 Å². The third kappa shape index (κ3) is 2.33. The summed E-state index contributed by atoms with van der Waals surface area (Å²) in [4.78, 5) is 14.7. The molecule has 4 rings (SSSR count). The quantitative estimate of drug-likeness (QED) is 0.765. The van der Waals surface area contributed by atoms with E-state index in [0.29, 0.717) is 5.56 Å². The van der Waals surface area contributed by atoms with Crippen molar-refractivity contribution in [1.29, 1.82) is 0 Å². The van der Waals surface area contributed by atoms with Crippen LogP contribution >= 0.6 is 0 Å². The number of aromatic hydroxyl groups is 1. The number of phenolic OH excluding ortho intramolecular Hbond substituents is 1. The zero-order valence-corrected chi connectivity index (χ0v) is 13.6. The molecular weight excluding hydrogens is 298 g/mol. The third-order valence-electron chi connectivity index (χ3n) is 4.98. The highest BCUT2D eigenvalue weighted by atomic mass is 16.3. The van der Waals surface area contributed by atoms with E-state index in [1.165, 1.54) is 11.1 Å². The first kappa shape index (κ1) is 14.8. The molecule has 24 heavy (non-hydrogen) atoms. The Morgan fingerprint density at radius 1 is 1.04 bits per heavy atom. The Morgan fingerprint density at radius 2 is 1.71 bits per heavy atom. The fraction of sp³-hybridized carbons (Fsp3) is 0.190. The minimum atomic E-state index is -0.139. The maximum absolute atomic E-state index is 13.0. The van der Waals surface area contributed by atoms with E-state index in [1.807, 2.05) is 43.4 Å². The highest BCUT2D eigenvalue weighted by Gasteiger charge is 2.29. The van der Waals surface area contributed by atoms with Gasteiger partial charge >= 0.3 is 0 Å². The largest absolute Gasteiger partial charge is 0.507 e. The fourth-order valence-corrected chi connectivity index (χ4v) is 3.67. The molecule has 3 aromatic carbocycles. The Morgan fingerprint density at radius 3 is 2.50 bits per heavy atom. The highest BCUT2D eigenvalue weighted by Crippen LogP contribution is 2.36. The van der Waals surface area contributed by atoms with Crippen LogP contribution in [0.4, 0.5) is 0 Å². The van der Waals surface area contributed by atoms with Gasteiger partial charge in [-0.25, -0.2) is 0 Å². The van der Waals surface area contributed by atoms with E-state index in [2.05, 4.69) is 12.1 Å². The molecule has 0 saturated carbocycles. The molecule has 120 valence electrons. The lowest BCUT2D eigenvalue weighted by molar-refractivity contribution is 0.0727. The van der Waals surface area contributed by atoms with Gasteiger partial charge in [-0.1, -0.05) is 48.5 Å². The van der Waals surface area contributed by atoms with Gasteiger partial charge in [0, 0.05) is 7.05 Å². The van der Waals surface area contributed by atoms with E-state index in [-0.39, 0.29) is 17.7 Å². The smallest absolute Gasteiger partial charge is 0.257 e. The molecule has 3 heteroatoms. The second-order valence-corrected chi connectivity index (χ2v) is 6.39. The maximum Gasteiger partial charge on any atom is 0.257 e. The van der Waals surface area contributed by atoms with Gasteiger partial charge in [0.1, 0.15) is 5.75 Å². The SMILES string of the molecule is CN(C(=O)c1cc2ccccc2cc1O)C1CCc2ccccc21. The van der Waals surface area contributed by atoms with E-state index in [1.54, 1.807) is 17.0 Å². The molecule has 0 bridgehead atoms. The molecule has 0 aromatic heterocycles. The topological polar surface area (TPSA) is 40.5 Å². The maximum atomic E-state index is 13.0. The van der Waals surface area contributed by atoms with E-state index in [9.17, 15) is 9.90 Å². The van der Waals surface area contributed by atoms with Crippen LogP contribution in [-0.2, 0) is 6.42 Å². The summed E-state index contributed by atoms with van der Waals surface area (Å²) in [5, 5.41) is 12.2. The van der Waals surface area contributed by atoms with Crippen molar-refractivity contribution in [3.63, 3.8) is 0 Å². The van der Waals surface area contributed by atoms with Crippen molar-refractivity contribution in [1.82, 2.24) is 4.90 Å². The lowest BCUT2D eigenvalue weighted by atomic mass is 10.0. The molecule has 1 aliphatic rings. The van der Waals surface area contributed by atoms with Gasteiger partial charge in [-0.15, -0.1) is 0 Å². The van der Waals surface area contributed by atoms with Crippen molar-refractivity contribution in [2.24, 2.45) is 0 Å². The number of nitrogens with zero attached hydrogens (tertiary/aromatic N) is 1.